The first-order valence-corrected chi connectivity index (χ1v) is 13.0. The molecule has 0 aromatic heterocycles. The number of ether oxygens (including phenoxy) is 1. The Bertz CT molecular complexity index is 985. The molecule has 0 aliphatic heterocycles. The van der Waals surface area contributed by atoms with Crippen LogP contribution in [0.3, 0.4) is 0 Å². The van der Waals surface area contributed by atoms with Crippen LogP contribution in [0.15, 0.2) is 36.4 Å². The van der Waals surface area contributed by atoms with Crippen molar-refractivity contribution in [1.82, 2.24) is 0 Å². The van der Waals surface area contributed by atoms with Crippen LogP contribution in [0.1, 0.15) is 98.7 Å². The summed E-state index contributed by atoms with van der Waals surface area (Å²) < 4.78 is 5.29. The van der Waals surface area contributed by atoms with Crippen LogP contribution in [-0.2, 0) is 11.2 Å². The molecular formula is C30H41NO3. The second-order valence-corrected chi connectivity index (χ2v) is 9.86. The van der Waals surface area contributed by atoms with Gasteiger partial charge in [-0.25, -0.2) is 0 Å². The molecule has 0 saturated heterocycles. The summed E-state index contributed by atoms with van der Waals surface area (Å²) in [6.07, 6.45) is 9.23. The summed E-state index contributed by atoms with van der Waals surface area (Å²) in [6.45, 7) is 8.03. The number of nitrogens with one attached hydrogen (secondary N) is 1. The Hall–Kier alpha value is -2.62. The Morgan fingerprint density at radius 3 is 2.26 bits per heavy atom. The summed E-state index contributed by atoms with van der Waals surface area (Å²) >= 11 is 0. The van der Waals surface area contributed by atoms with Gasteiger partial charge in [0.1, 0.15) is 5.75 Å². The van der Waals surface area contributed by atoms with Crippen molar-refractivity contribution in [3.05, 3.63) is 58.7 Å². The number of ketones is 1. The molecule has 2 aromatic rings. The van der Waals surface area contributed by atoms with Gasteiger partial charge in [-0.05, 0) is 93.4 Å². The van der Waals surface area contributed by atoms with Gasteiger partial charge in [-0.1, -0.05) is 44.5 Å². The van der Waals surface area contributed by atoms with Crippen molar-refractivity contribution in [3.63, 3.8) is 0 Å². The molecule has 2 fully saturated rings. The van der Waals surface area contributed by atoms with Gasteiger partial charge in [-0.2, -0.15) is 0 Å². The number of carbonyl (C=O) groups is 2. The van der Waals surface area contributed by atoms with Gasteiger partial charge in [-0.3, -0.25) is 9.59 Å². The fourth-order valence-corrected chi connectivity index (χ4v) is 5.08. The lowest BCUT2D eigenvalue weighted by Crippen LogP contribution is -2.27. The van der Waals surface area contributed by atoms with E-state index in [4.69, 9.17) is 4.74 Å². The van der Waals surface area contributed by atoms with E-state index in [2.05, 4.69) is 25.2 Å². The summed E-state index contributed by atoms with van der Waals surface area (Å²) in [4.78, 5) is 23.7. The normalized spacial score (nSPS) is 19.6. The van der Waals surface area contributed by atoms with Crippen LogP contribution in [0.4, 0.5) is 5.69 Å². The molecule has 2 aliphatic rings. The van der Waals surface area contributed by atoms with Gasteiger partial charge in [0.25, 0.3) is 0 Å². The summed E-state index contributed by atoms with van der Waals surface area (Å²) in [7, 11) is 1.65. The molecule has 0 unspecified atom stereocenters. The van der Waals surface area contributed by atoms with E-state index in [0.717, 1.165) is 53.7 Å². The molecule has 2 saturated carbocycles. The molecule has 4 heteroatoms. The lowest BCUT2D eigenvalue weighted by Gasteiger charge is -2.27. The molecule has 0 bridgehead atoms. The lowest BCUT2D eigenvalue weighted by molar-refractivity contribution is -0.121. The molecule has 2 aromatic carbocycles. The monoisotopic (exact) mass is 463 g/mol. The van der Waals surface area contributed by atoms with Crippen molar-refractivity contribution >= 4 is 17.4 Å². The molecule has 1 amide bonds. The minimum atomic E-state index is 0.158. The number of benzene rings is 2. The molecule has 2 aliphatic carbocycles. The first-order valence-electron chi connectivity index (χ1n) is 13.0. The minimum absolute atomic E-state index is 0.158. The topological polar surface area (TPSA) is 55.4 Å². The van der Waals surface area contributed by atoms with Gasteiger partial charge in [0.05, 0.1) is 7.11 Å². The van der Waals surface area contributed by atoms with Gasteiger partial charge < -0.3 is 10.1 Å². The molecule has 0 atom stereocenters. The molecule has 0 radical (unpaired) electrons. The number of Topliss-reactive ketones (excluding diaryl/α,β-unsaturated/α-hetero) is 1. The zero-order chi connectivity index (χ0) is 24.7. The smallest absolute Gasteiger partial charge is 0.227 e. The van der Waals surface area contributed by atoms with E-state index >= 15 is 0 Å². The van der Waals surface area contributed by atoms with Crippen LogP contribution in [0.25, 0.3) is 0 Å². The Morgan fingerprint density at radius 1 is 1.00 bits per heavy atom. The third-order valence-corrected chi connectivity index (χ3v) is 7.43. The van der Waals surface area contributed by atoms with Crippen LogP contribution in [0.5, 0.6) is 5.75 Å². The number of rotatable bonds is 7. The molecular weight excluding hydrogens is 422 g/mol. The third-order valence-electron chi connectivity index (χ3n) is 7.43. The molecule has 0 spiro atoms. The molecule has 4 rings (SSSR count). The molecule has 0 heterocycles. The number of hydrogen-bond donors (Lipinski definition) is 1. The van der Waals surface area contributed by atoms with Crippen LogP contribution in [-0.4, -0.2) is 18.8 Å². The van der Waals surface area contributed by atoms with Crippen molar-refractivity contribution < 1.29 is 14.3 Å². The van der Waals surface area contributed by atoms with E-state index in [-0.39, 0.29) is 17.6 Å². The predicted molar refractivity (Wildman–Crippen MR) is 140 cm³/mol. The molecule has 34 heavy (non-hydrogen) atoms. The van der Waals surface area contributed by atoms with Crippen LogP contribution >= 0.6 is 0 Å². The van der Waals surface area contributed by atoms with Crippen molar-refractivity contribution in [2.24, 2.45) is 11.8 Å². The van der Waals surface area contributed by atoms with Gasteiger partial charge in [0.15, 0.2) is 5.78 Å². The number of carbonyl (C=O) groups excluding carboxylic acids is 2. The lowest BCUT2D eigenvalue weighted by atomic mass is 9.80. The first kappa shape index (κ1) is 26.0. The highest BCUT2D eigenvalue weighted by Gasteiger charge is 2.27. The SMILES string of the molecule is CCC1CCC(C(=O)Nc2ccc(C)c(OC)c2)CC1.CCc1c(C(C)=O)cccc1C1CC1. The highest BCUT2D eigenvalue weighted by molar-refractivity contribution is 5.96. The second kappa shape index (κ2) is 12.2. The van der Waals surface area contributed by atoms with Crippen LogP contribution < -0.4 is 10.1 Å². The van der Waals surface area contributed by atoms with Crippen LogP contribution in [0.2, 0.25) is 0 Å². The first-order chi connectivity index (χ1) is 16.4. The second-order valence-electron chi connectivity index (χ2n) is 9.86. The average Bonchev–Trinajstić information content (AvgIpc) is 3.70. The van der Waals surface area contributed by atoms with Crippen molar-refractivity contribution in [1.29, 1.82) is 0 Å². The van der Waals surface area contributed by atoms with E-state index in [1.165, 1.54) is 43.2 Å². The van der Waals surface area contributed by atoms with Crippen molar-refractivity contribution in [2.45, 2.75) is 85.0 Å². The summed E-state index contributed by atoms with van der Waals surface area (Å²) in [6, 6.07) is 12.0. The number of hydrogen-bond acceptors (Lipinski definition) is 3. The maximum Gasteiger partial charge on any atom is 0.227 e. The van der Waals surface area contributed by atoms with E-state index in [1.54, 1.807) is 14.0 Å². The number of aryl methyl sites for hydroxylation is 1. The van der Waals surface area contributed by atoms with E-state index in [9.17, 15) is 9.59 Å². The molecule has 4 nitrogen and oxygen atoms in total. The number of amides is 1. The molecule has 1 N–H and O–H groups in total. The van der Waals surface area contributed by atoms with Gasteiger partial charge in [-0.15, -0.1) is 0 Å². The fourth-order valence-electron chi connectivity index (χ4n) is 5.08. The van der Waals surface area contributed by atoms with Crippen molar-refractivity contribution in [2.75, 3.05) is 12.4 Å². The highest BCUT2D eigenvalue weighted by Crippen LogP contribution is 2.42. The Morgan fingerprint density at radius 2 is 1.71 bits per heavy atom. The number of methoxy groups -OCH3 is 1. The largest absolute Gasteiger partial charge is 0.496 e. The molecule has 184 valence electrons. The quantitative estimate of drug-likeness (QED) is 0.433. The predicted octanol–water partition coefficient (Wildman–Crippen LogP) is 7.49. The zero-order valence-corrected chi connectivity index (χ0v) is 21.6. The summed E-state index contributed by atoms with van der Waals surface area (Å²) in [5, 5.41) is 3.03. The van der Waals surface area contributed by atoms with E-state index in [1.807, 2.05) is 37.3 Å². The summed E-state index contributed by atoms with van der Waals surface area (Å²) in [5.41, 5.74) is 5.53. The highest BCUT2D eigenvalue weighted by atomic mass is 16.5. The fraction of sp³-hybridized carbons (Fsp3) is 0.533. The zero-order valence-electron chi connectivity index (χ0n) is 21.6. The van der Waals surface area contributed by atoms with E-state index in [0.29, 0.717) is 0 Å². The Kier molecular flexibility index (Phi) is 9.32. The Labute approximate surface area is 205 Å². The van der Waals surface area contributed by atoms with Gasteiger partial charge in [0, 0.05) is 23.2 Å². The third kappa shape index (κ3) is 6.71. The van der Waals surface area contributed by atoms with Gasteiger partial charge >= 0.3 is 0 Å². The van der Waals surface area contributed by atoms with E-state index < -0.39 is 0 Å². The van der Waals surface area contributed by atoms with Crippen LogP contribution in [0, 0.1) is 18.8 Å². The number of anilines is 1. The minimum Gasteiger partial charge on any atom is -0.496 e. The standard InChI is InChI=1S/C17H25NO2.C13H16O/c1-4-13-6-8-14(9-7-13)17(19)18-15-10-5-12(2)16(11-15)20-3;1-3-11-12(9(2)14)5-4-6-13(11)10-7-8-10/h5,10-11,13-14H,4,6-9H2,1-3H3,(H,18,19);4-6,10H,3,7-8H2,1-2H3. The Balaban J connectivity index is 0.000000202. The summed E-state index contributed by atoms with van der Waals surface area (Å²) in [5.74, 6) is 2.90. The average molecular weight is 464 g/mol. The maximum absolute atomic E-state index is 12.3. The van der Waals surface area contributed by atoms with Crippen molar-refractivity contribution in [3.8, 4) is 5.75 Å². The van der Waals surface area contributed by atoms with Gasteiger partial charge in [0.2, 0.25) is 5.91 Å². The maximum atomic E-state index is 12.3.